The fourth-order valence-corrected chi connectivity index (χ4v) is 4.06. The molecule has 1 atom stereocenters. The van der Waals surface area contributed by atoms with Crippen LogP contribution >= 0.6 is 0 Å². The summed E-state index contributed by atoms with van der Waals surface area (Å²) in [6.07, 6.45) is 4.73. The van der Waals surface area contributed by atoms with E-state index in [9.17, 15) is 14.0 Å². The Balaban J connectivity index is 1.63. The van der Waals surface area contributed by atoms with E-state index in [0.29, 0.717) is 18.8 Å². The van der Waals surface area contributed by atoms with Crippen LogP contribution in [0.5, 0.6) is 0 Å². The maximum atomic E-state index is 13.2. The molecule has 0 radical (unpaired) electrons. The molecule has 166 valence electrons. The first-order chi connectivity index (χ1) is 15.1. The molecule has 1 unspecified atom stereocenters. The first kappa shape index (κ1) is 22.9. The minimum absolute atomic E-state index is 0.00513. The Morgan fingerprint density at radius 1 is 1.03 bits per heavy atom. The van der Waals surface area contributed by atoms with Crippen LogP contribution in [0.4, 0.5) is 10.1 Å². The van der Waals surface area contributed by atoms with E-state index in [2.05, 4.69) is 22.5 Å². The number of piperidine rings is 1. The number of hydrogen-bond acceptors (Lipinski definition) is 3. The normalized spacial score (nSPS) is 15.9. The van der Waals surface area contributed by atoms with Crippen LogP contribution in [0.15, 0.2) is 54.6 Å². The van der Waals surface area contributed by atoms with Gasteiger partial charge >= 0.3 is 0 Å². The Bertz CT molecular complexity index is 834. The standard InChI is InChI=1S/C25H32FN3O2/c1-2-3-7-16-27-24(30)20-14-17-29(18-15-20)23(19-8-5-4-6-9-19)25(31)28-22-12-10-21(26)11-13-22/h4-6,8-13,20,23H,2-3,7,14-18H2,1H3,(H,27,30)(H,28,31). The first-order valence-corrected chi connectivity index (χ1v) is 11.2. The highest BCUT2D eigenvalue weighted by molar-refractivity contribution is 5.95. The molecule has 1 fully saturated rings. The number of amides is 2. The van der Waals surface area contributed by atoms with Gasteiger partial charge in [0.25, 0.3) is 0 Å². The smallest absolute Gasteiger partial charge is 0.246 e. The zero-order valence-corrected chi connectivity index (χ0v) is 18.1. The maximum Gasteiger partial charge on any atom is 0.246 e. The molecular weight excluding hydrogens is 393 g/mol. The van der Waals surface area contributed by atoms with Crippen LogP contribution < -0.4 is 10.6 Å². The van der Waals surface area contributed by atoms with Crippen molar-refractivity contribution in [3.63, 3.8) is 0 Å². The van der Waals surface area contributed by atoms with Crippen molar-refractivity contribution in [2.75, 3.05) is 25.0 Å². The average molecular weight is 426 g/mol. The highest BCUT2D eigenvalue weighted by atomic mass is 19.1. The van der Waals surface area contributed by atoms with Crippen molar-refractivity contribution in [3.05, 3.63) is 66.0 Å². The van der Waals surface area contributed by atoms with Gasteiger partial charge in [0.05, 0.1) is 0 Å². The molecule has 5 nitrogen and oxygen atoms in total. The first-order valence-electron chi connectivity index (χ1n) is 11.2. The zero-order valence-electron chi connectivity index (χ0n) is 18.1. The van der Waals surface area contributed by atoms with Gasteiger partial charge in [0.2, 0.25) is 11.8 Å². The van der Waals surface area contributed by atoms with Crippen LogP contribution in [0.1, 0.15) is 50.6 Å². The molecule has 0 aliphatic carbocycles. The van der Waals surface area contributed by atoms with E-state index in [0.717, 1.165) is 44.2 Å². The molecule has 2 aromatic carbocycles. The lowest BCUT2D eigenvalue weighted by molar-refractivity contribution is -0.127. The Labute approximate surface area is 184 Å². The Morgan fingerprint density at radius 2 is 1.71 bits per heavy atom. The molecule has 0 saturated carbocycles. The molecule has 0 bridgehead atoms. The second kappa shape index (κ2) is 11.6. The maximum absolute atomic E-state index is 13.2. The van der Waals surface area contributed by atoms with Gasteiger partial charge in [0, 0.05) is 18.2 Å². The molecule has 6 heteroatoms. The molecule has 31 heavy (non-hydrogen) atoms. The number of rotatable bonds is 9. The second-order valence-corrected chi connectivity index (χ2v) is 8.12. The molecule has 2 aromatic rings. The van der Waals surface area contributed by atoms with Crippen molar-refractivity contribution in [1.29, 1.82) is 0 Å². The Kier molecular flexibility index (Phi) is 8.59. The fourth-order valence-electron chi connectivity index (χ4n) is 4.06. The zero-order chi connectivity index (χ0) is 22.1. The predicted octanol–water partition coefficient (Wildman–Crippen LogP) is 4.52. The van der Waals surface area contributed by atoms with Gasteiger partial charge in [-0.1, -0.05) is 50.1 Å². The number of hydrogen-bond donors (Lipinski definition) is 2. The van der Waals surface area contributed by atoms with E-state index in [1.807, 2.05) is 30.3 Å². The van der Waals surface area contributed by atoms with Crippen molar-refractivity contribution < 1.29 is 14.0 Å². The summed E-state index contributed by atoms with van der Waals surface area (Å²) >= 11 is 0. The monoisotopic (exact) mass is 425 g/mol. The highest BCUT2D eigenvalue weighted by Crippen LogP contribution is 2.28. The number of carbonyl (C=O) groups is 2. The van der Waals surface area contributed by atoms with Crippen LogP contribution in [-0.2, 0) is 9.59 Å². The molecule has 1 heterocycles. The molecule has 1 aliphatic rings. The summed E-state index contributed by atoms with van der Waals surface area (Å²) in [7, 11) is 0. The Morgan fingerprint density at radius 3 is 2.35 bits per heavy atom. The lowest BCUT2D eigenvalue weighted by Crippen LogP contribution is -2.45. The van der Waals surface area contributed by atoms with E-state index >= 15 is 0 Å². The van der Waals surface area contributed by atoms with Crippen LogP contribution in [0.2, 0.25) is 0 Å². The minimum atomic E-state index is -0.459. The van der Waals surface area contributed by atoms with Crippen LogP contribution in [0, 0.1) is 11.7 Å². The molecule has 3 rings (SSSR count). The number of benzene rings is 2. The number of nitrogens with zero attached hydrogens (tertiary/aromatic N) is 1. The van der Waals surface area contributed by atoms with E-state index in [4.69, 9.17) is 0 Å². The SMILES string of the molecule is CCCCCNC(=O)C1CCN(C(C(=O)Nc2ccc(F)cc2)c2ccccc2)CC1. The van der Waals surface area contributed by atoms with Crippen molar-refractivity contribution in [2.24, 2.45) is 5.92 Å². The third kappa shape index (κ3) is 6.62. The molecule has 0 spiro atoms. The number of unbranched alkanes of at least 4 members (excludes halogenated alkanes) is 2. The van der Waals surface area contributed by atoms with Gasteiger partial charge in [-0.3, -0.25) is 14.5 Å². The summed E-state index contributed by atoms with van der Waals surface area (Å²) in [5.74, 6) is -0.370. The third-order valence-electron chi connectivity index (χ3n) is 5.82. The van der Waals surface area contributed by atoms with E-state index in [1.54, 1.807) is 12.1 Å². The molecule has 1 saturated heterocycles. The fraction of sp³-hybridized carbons (Fsp3) is 0.440. The van der Waals surface area contributed by atoms with Gasteiger partial charge in [-0.2, -0.15) is 0 Å². The van der Waals surface area contributed by atoms with E-state index < -0.39 is 6.04 Å². The minimum Gasteiger partial charge on any atom is -0.356 e. The molecule has 0 aromatic heterocycles. The molecular formula is C25H32FN3O2. The highest BCUT2D eigenvalue weighted by Gasteiger charge is 2.33. The second-order valence-electron chi connectivity index (χ2n) is 8.12. The van der Waals surface area contributed by atoms with Gasteiger partial charge in [-0.15, -0.1) is 0 Å². The van der Waals surface area contributed by atoms with Crippen LogP contribution in [-0.4, -0.2) is 36.3 Å². The van der Waals surface area contributed by atoms with Gasteiger partial charge in [0.15, 0.2) is 0 Å². The average Bonchev–Trinajstić information content (AvgIpc) is 2.79. The molecule has 1 aliphatic heterocycles. The van der Waals surface area contributed by atoms with Crippen molar-refractivity contribution in [1.82, 2.24) is 10.2 Å². The summed E-state index contributed by atoms with van der Waals surface area (Å²) < 4.78 is 13.2. The van der Waals surface area contributed by atoms with Crippen molar-refractivity contribution in [2.45, 2.75) is 45.1 Å². The van der Waals surface area contributed by atoms with Crippen LogP contribution in [0.3, 0.4) is 0 Å². The van der Waals surface area contributed by atoms with Gasteiger partial charge in [0.1, 0.15) is 11.9 Å². The quantitative estimate of drug-likeness (QED) is 0.581. The van der Waals surface area contributed by atoms with Gasteiger partial charge in [-0.05, 0) is 62.2 Å². The number of anilines is 1. The summed E-state index contributed by atoms with van der Waals surface area (Å²) in [5, 5.41) is 5.97. The summed E-state index contributed by atoms with van der Waals surface area (Å²) in [4.78, 5) is 27.8. The van der Waals surface area contributed by atoms with E-state index in [-0.39, 0.29) is 23.5 Å². The Hall–Kier alpha value is -2.73. The van der Waals surface area contributed by atoms with Gasteiger partial charge in [-0.25, -0.2) is 4.39 Å². The van der Waals surface area contributed by atoms with Crippen molar-refractivity contribution >= 4 is 17.5 Å². The molecule has 2 amide bonds. The number of likely N-dealkylation sites (tertiary alicyclic amines) is 1. The van der Waals surface area contributed by atoms with Crippen LogP contribution in [0.25, 0.3) is 0 Å². The lowest BCUT2D eigenvalue weighted by Gasteiger charge is -2.36. The largest absolute Gasteiger partial charge is 0.356 e. The number of nitrogens with one attached hydrogen (secondary N) is 2. The van der Waals surface area contributed by atoms with E-state index in [1.165, 1.54) is 12.1 Å². The molecule has 2 N–H and O–H groups in total. The predicted molar refractivity (Wildman–Crippen MR) is 121 cm³/mol. The lowest BCUT2D eigenvalue weighted by atomic mass is 9.93. The topological polar surface area (TPSA) is 61.4 Å². The van der Waals surface area contributed by atoms with Crippen molar-refractivity contribution in [3.8, 4) is 0 Å². The number of halogens is 1. The summed E-state index contributed by atoms with van der Waals surface area (Å²) in [6.45, 7) is 4.22. The number of carbonyl (C=O) groups excluding carboxylic acids is 2. The third-order valence-corrected chi connectivity index (χ3v) is 5.82. The summed E-state index contributed by atoms with van der Waals surface area (Å²) in [6, 6.07) is 15.0. The van der Waals surface area contributed by atoms with Gasteiger partial charge < -0.3 is 10.6 Å². The summed E-state index contributed by atoms with van der Waals surface area (Å²) in [5.41, 5.74) is 1.47.